The second kappa shape index (κ2) is 2.71. The molecule has 1 aromatic carbocycles. The van der Waals surface area contributed by atoms with Crippen molar-refractivity contribution < 1.29 is 9.90 Å². The highest BCUT2D eigenvalue weighted by atomic mass is 35.5. The monoisotopic (exact) mass is 155 g/mol. The average molecular weight is 156 g/mol. The normalized spacial score (nSPS) is 9.30. The maximum Gasteiger partial charge on any atom is 0.336 e. The maximum atomic E-state index is 10.2. The number of carboxylic acids is 1. The van der Waals surface area contributed by atoms with Gasteiger partial charge in [-0.15, -0.1) is 0 Å². The van der Waals surface area contributed by atoms with Gasteiger partial charge in [0.1, 0.15) is 0 Å². The first kappa shape index (κ1) is 7.09. The molecule has 0 aliphatic carbocycles. The summed E-state index contributed by atoms with van der Waals surface area (Å²) in [5.74, 6) is -0.989. The third kappa shape index (κ3) is 1.48. The van der Waals surface area contributed by atoms with Crippen molar-refractivity contribution in [2.24, 2.45) is 0 Å². The van der Waals surface area contributed by atoms with Crippen molar-refractivity contribution >= 4 is 17.6 Å². The van der Waals surface area contributed by atoms with Gasteiger partial charge in [0.2, 0.25) is 0 Å². The Morgan fingerprint density at radius 3 is 2.70 bits per heavy atom. The zero-order valence-electron chi connectivity index (χ0n) is 4.97. The minimum atomic E-state index is -0.989. The number of hydrogen-bond acceptors (Lipinski definition) is 1. The van der Waals surface area contributed by atoms with Gasteiger partial charge < -0.3 is 5.11 Å². The molecule has 1 N–H and O–H groups in total. The molecular formula is C7H4ClO2. The second-order valence-electron chi connectivity index (χ2n) is 1.73. The number of halogens is 1. The molecule has 0 saturated heterocycles. The van der Waals surface area contributed by atoms with E-state index in [-0.39, 0.29) is 5.56 Å². The van der Waals surface area contributed by atoms with Crippen LogP contribution in [0, 0.1) is 6.07 Å². The quantitative estimate of drug-likeness (QED) is 0.672. The Morgan fingerprint density at radius 1 is 1.60 bits per heavy atom. The van der Waals surface area contributed by atoms with Crippen LogP contribution in [0.3, 0.4) is 0 Å². The zero-order chi connectivity index (χ0) is 7.56. The topological polar surface area (TPSA) is 37.3 Å². The summed E-state index contributed by atoms with van der Waals surface area (Å²) in [5.41, 5.74) is 0.129. The third-order valence-corrected chi connectivity index (χ3v) is 1.24. The van der Waals surface area contributed by atoms with Crippen molar-refractivity contribution in [3.63, 3.8) is 0 Å². The van der Waals surface area contributed by atoms with Crippen molar-refractivity contribution in [1.29, 1.82) is 0 Å². The van der Waals surface area contributed by atoms with Crippen LogP contribution in [0.4, 0.5) is 0 Å². The predicted octanol–water partition coefficient (Wildman–Crippen LogP) is 1.84. The summed E-state index contributed by atoms with van der Waals surface area (Å²) in [5, 5.41) is 8.89. The van der Waals surface area contributed by atoms with Crippen LogP contribution in [-0.4, -0.2) is 11.1 Å². The van der Waals surface area contributed by atoms with E-state index in [1.54, 1.807) is 0 Å². The van der Waals surface area contributed by atoms with E-state index in [0.717, 1.165) is 0 Å². The van der Waals surface area contributed by atoms with Crippen LogP contribution in [-0.2, 0) is 0 Å². The van der Waals surface area contributed by atoms with E-state index in [1.807, 2.05) is 0 Å². The van der Waals surface area contributed by atoms with Gasteiger partial charge in [-0.05, 0) is 24.3 Å². The van der Waals surface area contributed by atoms with Crippen LogP contribution in [0.1, 0.15) is 10.4 Å². The number of hydrogen-bond donors (Lipinski definition) is 1. The van der Waals surface area contributed by atoms with E-state index in [4.69, 9.17) is 16.7 Å². The lowest BCUT2D eigenvalue weighted by Crippen LogP contribution is -1.94. The fourth-order valence-corrected chi connectivity index (χ4v) is 0.656. The van der Waals surface area contributed by atoms with E-state index in [2.05, 4.69) is 6.07 Å². The third-order valence-electron chi connectivity index (χ3n) is 1.01. The summed E-state index contributed by atoms with van der Waals surface area (Å²) in [6, 6.07) is 6.85. The molecule has 1 radical (unpaired) electrons. The number of carboxylic acid groups (broad SMARTS) is 1. The Balaban J connectivity index is 3.00. The molecule has 0 heterocycles. The number of aromatic carboxylic acids is 1. The lowest BCUT2D eigenvalue weighted by Gasteiger charge is -1.90. The standard InChI is InChI=1S/C7H4ClO2/c8-6-3-1-5(2-4-6)7(9)10/h1,3-4H,(H,9,10). The first-order valence-electron chi connectivity index (χ1n) is 2.60. The van der Waals surface area contributed by atoms with Crippen LogP contribution in [0.15, 0.2) is 18.2 Å². The number of rotatable bonds is 1. The fourth-order valence-electron chi connectivity index (χ4n) is 0.539. The second-order valence-corrected chi connectivity index (χ2v) is 2.16. The summed E-state index contributed by atoms with van der Waals surface area (Å²) in [6.45, 7) is 0. The lowest BCUT2D eigenvalue weighted by atomic mass is 10.2. The van der Waals surface area contributed by atoms with Gasteiger partial charge in [-0.1, -0.05) is 11.6 Å². The van der Waals surface area contributed by atoms with Gasteiger partial charge >= 0.3 is 5.97 Å². The first-order chi connectivity index (χ1) is 4.70. The number of carbonyl (C=O) groups is 1. The maximum absolute atomic E-state index is 10.2. The van der Waals surface area contributed by atoms with Crippen LogP contribution >= 0.6 is 11.6 Å². The minimum Gasteiger partial charge on any atom is -0.478 e. The van der Waals surface area contributed by atoms with Gasteiger partial charge in [0, 0.05) is 5.02 Å². The smallest absolute Gasteiger partial charge is 0.336 e. The van der Waals surface area contributed by atoms with E-state index in [1.165, 1.54) is 18.2 Å². The molecule has 0 atom stereocenters. The average Bonchev–Trinajstić information content (AvgIpc) is 1.88. The molecule has 0 spiro atoms. The largest absolute Gasteiger partial charge is 0.478 e. The van der Waals surface area contributed by atoms with E-state index < -0.39 is 5.97 Å². The van der Waals surface area contributed by atoms with Gasteiger partial charge in [-0.25, -0.2) is 4.79 Å². The summed E-state index contributed by atoms with van der Waals surface area (Å²) in [4.78, 5) is 10.2. The SMILES string of the molecule is O=C(O)c1[c]cc(Cl)cc1. The molecule has 0 bridgehead atoms. The highest BCUT2D eigenvalue weighted by Crippen LogP contribution is 2.08. The van der Waals surface area contributed by atoms with Crippen molar-refractivity contribution in [2.75, 3.05) is 0 Å². The van der Waals surface area contributed by atoms with Gasteiger partial charge in [-0.3, -0.25) is 0 Å². The number of benzene rings is 1. The van der Waals surface area contributed by atoms with Crippen molar-refractivity contribution in [3.8, 4) is 0 Å². The fraction of sp³-hybridized carbons (Fsp3) is 0. The van der Waals surface area contributed by atoms with Crippen LogP contribution in [0.2, 0.25) is 5.02 Å². The van der Waals surface area contributed by atoms with E-state index >= 15 is 0 Å². The molecule has 1 rings (SSSR count). The molecular weight excluding hydrogens is 152 g/mol. The Hall–Kier alpha value is -1.02. The van der Waals surface area contributed by atoms with Crippen LogP contribution < -0.4 is 0 Å². The zero-order valence-corrected chi connectivity index (χ0v) is 5.72. The highest BCUT2D eigenvalue weighted by Gasteiger charge is 1.99. The van der Waals surface area contributed by atoms with Gasteiger partial charge in [0.25, 0.3) is 0 Å². The first-order valence-corrected chi connectivity index (χ1v) is 2.98. The molecule has 0 aliphatic rings. The molecule has 1 aromatic rings. The van der Waals surface area contributed by atoms with E-state index in [0.29, 0.717) is 5.02 Å². The lowest BCUT2D eigenvalue weighted by molar-refractivity contribution is 0.0696. The van der Waals surface area contributed by atoms with Gasteiger partial charge in [-0.2, -0.15) is 0 Å². The molecule has 0 unspecified atom stereocenters. The molecule has 2 nitrogen and oxygen atoms in total. The van der Waals surface area contributed by atoms with Crippen LogP contribution in [0.25, 0.3) is 0 Å². The molecule has 0 fully saturated rings. The Morgan fingerprint density at radius 2 is 2.30 bits per heavy atom. The minimum absolute atomic E-state index is 0.129. The molecule has 51 valence electrons. The summed E-state index contributed by atoms with van der Waals surface area (Å²) in [7, 11) is 0. The highest BCUT2D eigenvalue weighted by molar-refractivity contribution is 6.30. The van der Waals surface area contributed by atoms with E-state index in [9.17, 15) is 4.79 Å². The predicted molar refractivity (Wildman–Crippen MR) is 37.2 cm³/mol. The Bertz CT molecular complexity index is 240. The molecule has 0 amide bonds. The van der Waals surface area contributed by atoms with Gasteiger partial charge in [0.05, 0.1) is 5.56 Å². The molecule has 0 saturated carbocycles. The molecule has 0 aromatic heterocycles. The van der Waals surface area contributed by atoms with Crippen molar-refractivity contribution in [3.05, 3.63) is 34.9 Å². The molecule has 3 heteroatoms. The summed E-state index contributed by atoms with van der Waals surface area (Å²) in [6.07, 6.45) is 0. The summed E-state index contributed by atoms with van der Waals surface area (Å²) < 4.78 is 0. The van der Waals surface area contributed by atoms with Crippen molar-refractivity contribution in [1.82, 2.24) is 0 Å². The Kier molecular flexibility index (Phi) is 1.92. The van der Waals surface area contributed by atoms with Crippen LogP contribution in [0.5, 0.6) is 0 Å². The molecule has 0 aliphatic heterocycles. The van der Waals surface area contributed by atoms with Crippen molar-refractivity contribution in [2.45, 2.75) is 0 Å². The molecule has 10 heavy (non-hydrogen) atoms. The Labute approximate surface area is 63.1 Å². The van der Waals surface area contributed by atoms with Gasteiger partial charge in [0.15, 0.2) is 0 Å². The summed E-state index contributed by atoms with van der Waals surface area (Å²) >= 11 is 5.49.